The fraction of sp³-hybridized carbons (Fsp3) is 0.727. The second-order valence-corrected chi connectivity index (χ2v) is 9.44. The van der Waals surface area contributed by atoms with Crippen LogP contribution in [-0.4, -0.2) is 39.8 Å². The lowest BCUT2D eigenvalue weighted by molar-refractivity contribution is -0.174. The molecule has 2 saturated carbocycles. The number of carbonyl (C=O) groups excluding carboxylic acids is 2. The number of aliphatic hydroxyl groups excluding tert-OH is 2. The number of hydrogen-bond acceptors (Lipinski definition) is 5. The van der Waals surface area contributed by atoms with Gasteiger partial charge in [0.2, 0.25) is 5.78 Å². The van der Waals surface area contributed by atoms with Gasteiger partial charge in [0.1, 0.15) is 0 Å². The van der Waals surface area contributed by atoms with E-state index in [-0.39, 0.29) is 29.5 Å². The number of aliphatic hydroxyl groups is 2. The topological polar surface area (TPSA) is 83.8 Å². The smallest absolute Gasteiger partial charge is 0.303 e. The van der Waals surface area contributed by atoms with Crippen LogP contribution in [0.25, 0.3) is 0 Å². The maximum atomic E-state index is 13.5. The lowest BCUT2D eigenvalue weighted by Crippen LogP contribution is -2.53. The number of rotatable bonds is 1. The Hall–Kier alpha value is -1.46. The number of Topliss-reactive ketones (excluding diaryl/α,β-unsaturated/α-hetero) is 1. The summed E-state index contributed by atoms with van der Waals surface area (Å²) in [5.74, 6) is -1.31. The van der Waals surface area contributed by atoms with E-state index in [1.165, 1.54) is 6.92 Å². The van der Waals surface area contributed by atoms with Crippen molar-refractivity contribution in [2.24, 2.45) is 29.1 Å². The van der Waals surface area contributed by atoms with E-state index in [4.69, 9.17) is 4.74 Å². The van der Waals surface area contributed by atoms with Crippen molar-refractivity contribution in [2.75, 3.05) is 0 Å². The molecule has 0 unspecified atom stereocenters. The monoisotopic (exact) mass is 376 g/mol. The molecule has 0 radical (unpaired) electrons. The molecule has 0 bridgehead atoms. The van der Waals surface area contributed by atoms with Gasteiger partial charge in [-0.3, -0.25) is 9.59 Å². The molecule has 2 fully saturated rings. The zero-order chi connectivity index (χ0) is 20.3. The maximum absolute atomic E-state index is 13.5. The molecule has 0 spiro atoms. The molecule has 5 heteroatoms. The van der Waals surface area contributed by atoms with Gasteiger partial charge in [-0.15, -0.1) is 0 Å². The fourth-order valence-corrected chi connectivity index (χ4v) is 5.43. The van der Waals surface area contributed by atoms with Crippen LogP contribution in [0.3, 0.4) is 0 Å². The number of allylic oxidation sites excluding steroid dienone is 2. The summed E-state index contributed by atoms with van der Waals surface area (Å²) in [5.41, 5.74) is -0.161. The van der Waals surface area contributed by atoms with Crippen LogP contribution in [0.1, 0.15) is 54.4 Å². The minimum atomic E-state index is -1.53. The molecule has 5 nitrogen and oxygen atoms in total. The van der Waals surface area contributed by atoms with Gasteiger partial charge in [-0.1, -0.05) is 32.9 Å². The lowest BCUT2D eigenvalue weighted by atomic mass is 9.77. The van der Waals surface area contributed by atoms with Crippen LogP contribution in [0.15, 0.2) is 23.3 Å². The summed E-state index contributed by atoms with van der Waals surface area (Å²) >= 11 is 0. The Morgan fingerprint density at radius 3 is 2.48 bits per heavy atom. The minimum absolute atomic E-state index is 0.0962. The second kappa shape index (κ2) is 6.56. The average molecular weight is 376 g/mol. The Morgan fingerprint density at radius 2 is 1.89 bits per heavy atom. The Balaban J connectivity index is 2.16. The summed E-state index contributed by atoms with van der Waals surface area (Å²) in [5, 5.41) is 21.9. The Kier molecular flexibility index (Phi) is 4.92. The van der Waals surface area contributed by atoms with Crippen molar-refractivity contribution in [3.8, 4) is 0 Å². The van der Waals surface area contributed by atoms with E-state index < -0.39 is 29.7 Å². The number of esters is 1. The molecule has 7 atom stereocenters. The van der Waals surface area contributed by atoms with Gasteiger partial charge in [-0.25, -0.2) is 0 Å². The third kappa shape index (κ3) is 3.09. The number of carbonyl (C=O) groups is 2. The summed E-state index contributed by atoms with van der Waals surface area (Å²) in [6.45, 7) is 11.1. The molecule has 0 aromatic heterocycles. The van der Waals surface area contributed by atoms with Crippen molar-refractivity contribution in [3.63, 3.8) is 0 Å². The van der Waals surface area contributed by atoms with Crippen molar-refractivity contribution < 1.29 is 24.5 Å². The van der Waals surface area contributed by atoms with Gasteiger partial charge in [-0.2, -0.15) is 0 Å². The molecule has 150 valence electrons. The molecule has 27 heavy (non-hydrogen) atoms. The fourth-order valence-electron chi connectivity index (χ4n) is 5.43. The van der Waals surface area contributed by atoms with Crippen LogP contribution >= 0.6 is 0 Å². The van der Waals surface area contributed by atoms with E-state index in [1.54, 1.807) is 6.92 Å². The summed E-state index contributed by atoms with van der Waals surface area (Å²) < 4.78 is 5.64. The maximum Gasteiger partial charge on any atom is 0.303 e. The summed E-state index contributed by atoms with van der Waals surface area (Å²) in [4.78, 5) is 25.5. The highest BCUT2D eigenvalue weighted by molar-refractivity contribution is 6.03. The van der Waals surface area contributed by atoms with Gasteiger partial charge in [0.15, 0.2) is 5.60 Å². The standard InChI is InChI=1S/C22H32O5/c1-11-7-8-15-16(21(15,5)6)9-12(2)20(26)22(27-14(4)23)10-13(3)19(25)17(22)18(11)24/h7,9,13,15-19,24-25H,8,10H2,1-6H3/b11-7+,12-9+/t13-,15-,16+,17-,18-,19-,22+/m0/s1. The zero-order valence-corrected chi connectivity index (χ0v) is 17.2. The van der Waals surface area contributed by atoms with Crippen LogP contribution in [-0.2, 0) is 14.3 Å². The molecule has 0 aliphatic heterocycles. The summed E-state index contributed by atoms with van der Waals surface area (Å²) in [6.07, 6.45) is 3.09. The van der Waals surface area contributed by atoms with Gasteiger partial charge in [-0.05, 0) is 54.6 Å². The molecule has 3 rings (SSSR count). The Morgan fingerprint density at radius 1 is 1.26 bits per heavy atom. The normalized spacial score (nSPS) is 47.5. The highest BCUT2D eigenvalue weighted by atomic mass is 16.6. The number of ketones is 1. The van der Waals surface area contributed by atoms with Gasteiger partial charge < -0.3 is 14.9 Å². The molecule has 0 aromatic rings. The first kappa shape index (κ1) is 20.3. The molecule has 0 heterocycles. The predicted octanol–water partition coefficient (Wildman–Crippen LogP) is 2.80. The first-order chi connectivity index (χ1) is 12.4. The number of ether oxygens (including phenoxy) is 1. The van der Waals surface area contributed by atoms with Crippen LogP contribution in [0, 0.1) is 29.1 Å². The first-order valence-corrected chi connectivity index (χ1v) is 9.89. The van der Waals surface area contributed by atoms with Gasteiger partial charge in [0, 0.05) is 13.3 Å². The van der Waals surface area contributed by atoms with E-state index in [0.29, 0.717) is 11.5 Å². The van der Waals surface area contributed by atoms with Gasteiger partial charge >= 0.3 is 5.97 Å². The molecule has 0 aromatic carbocycles. The van der Waals surface area contributed by atoms with Crippen LogP contribution in [0.4, 0.5) is 0 Å². The van der Waals surface area contributed by atoms with Crippen molar-refractivity contribution >= 4 is 11.8 Å². The van der Waals surface area contributed by atoms with E-state index in [0.717, 1.165) is 12.0 Å². The molecule has 3 aliphatic carbocycles. The van der Waals surface area contributed by atoms with Gasteiger partial charge in [0.25, 0.3) is 0 Å². The van der Waals surface area contributed by atoms with Crippen molar-refractivity contribution in [3.05, 3.63) is 23.3 Å². The number of fused-ring (bicyclic) bond motifs is 2. The highest BCUT2D eigenvalue weighted by Gasteiger charge is 2.62. The number of hydrogen-bond donors (Lipinski definition) is 2. The second-order valence-electron chi connectivity index (χ2n) is 9.44. The van der Waals surface area contributed by atoms with Crippen molar-refractivity contribution in [1.29, 1.82) is 0 Å². The minimum Gasteiger partial charge on any atom is -0.450 e. The molecule has 2 N–H and O–H groups in total. The largest absolute Gasteiger partial charge is 0.450 e. The first-order valence-electron chi connectivity index (χ1n) is 9.89. The zero-order valence-electron chi connectivity index (χ0n) is 17.2. The van der Waals surface area contributed by atoms with Crippen LogP contribution in [0.5, 0.6) is 0 Å². The molecule has 3 aliphatic rings. The van der Waals surface area contributed by atoms with Gasteiger partial charge in [0.05, 0.1) is 18.1 Å². The Labute approximate surface area is 161 Å². The van der Waals surface area contributed by atoms with E-state index in [1.807, 2.05) is 26.0 Å². The average Bonchev–Trinajstić information content (AvgIpc) is 2.97. The third-order valence-electron chi connectivity index (χ3n) is 7.25. The van der Waals surface area contributed by atoms with E-state index in [9.17, 15) is 19.8 Å². The lowest BCUT2D eigenvalue weighted by Gasteiger charge is -2.37. The quantitative estimate of drug-likeness (QED) is 0.543. The van der Waals surface area contributed by atoms with E-state index >= 15 is 0 Å². The predicted molar refractivity (Wildman–Crippen MR) is 102 cm³/mol. The van der Waals surface area contributed by atoms with Crippen molar-refractivity contribution in [1.82, 2.24) is 0 Å². The van der Waals surface area contributed by atoms with Crippen LogP contribution in [0.2, 0.25) is 0 Å². The highest BCUT2D eigenvalue weighted by Crippen LogP contribution is 2.61. The summed E-state index contributed by atoms with van der Waals surface area (Å²) in [6, 6.07) is 0. The SMILES string of the molecule is CC(=O)O[C@]12C[C@H](C)[C@H](O)[C@@H]1[C@@H](O)/C(C)=C/C[C@H]1[C@@H](/C=C(\C)C2=O)C1(C)C. The Bertz CT molecular complexity index is 718. The molecule has 0 amide bonds. The molecule has 0 saturated heterocycles. The van der Waals surface area contributed by atoms with Crippen molar-refractivity contribution in [2.45, 2.75) is 72.2 Å². The molecular weight excluding hydrogens is 344 g/mol. The van der Waals surface area contributed by atoms with Crippen LogP contribution < -0.4 is 0 Å². The summed E-state index contributed by atoms with van der Waals surface area (Å²) in [7, 11) is 0. The molecular formula is C22H32O5. The third-order valence-corrected chi connectivity index (χ3v) is 7.25. The van der Waals surface area contributed by atoms with E-state index in [2.05, 4.69) is 13.8 Å².